The molecule has 0 saturated carbocycles. The highest BCUT2D eigenvalue weighted by molar-refractivity contribution is 6.36. The van der Waals surface area contributed by atoms with E-state index >= 15 is 0 Å². The molecular formula is C19H15ClN2O2. The van der Waals surface area contributed by atoms with Crippen molar-refractivity contribution in [3.8, 4) is 5.75 Å². The van der Waals surface area contributed by atoms with E-state index in [0.717, 1.165) is 16.7 Å². The number of hydrogen-bond acceptors (Lipinski definition) is 3. The molecule has 1 amide bonds. The molecule has 1 unspecified atom stereocenters. The fraction of sp³-hybridized carbons (Fsp3) is 0.158. The molecule has 0 bridgehead atoms. The van der Waals surface area contributed by atoms with Crippen LogP contribution >= 0.6 is 11.6 Å². The molecule has 0 radical (unpaired) electrons. The molecule has 24 heavy (non-hydrogen) atoms. The number of amides is 1. The van der Waals surface area contributed by atoms with E-state index in [1.54, 1.807) is 18.3 Å². The molecule has 2 aromatic carbocycles. The first-order valence-corrected chi connectivity index (χ1v) is 8.17. The topological polar surface area (TPSA) is 51.2 Å². The van der Waals surface area contributed by atoms with Gasteiger partial charge in [0, 0.05) is 17.1 Å². The van der Waals surface area contributed by atoms with Crippen molar-refractivity contribution in [2.24, 2.45) is 0 Å². The van der Waals surface area contributed by atoms with E-state index in [1.165, 1.54) is 0 Å². The van der Waals surface area contributed by atoms with Crippen molar-refractivity contribution >= 4 is 34.1 Å². The van der Waals surface area contributed by atoms with E-state index in [-0.39, 0.29) is 11.8 Å². The fourth-order valence-electron chi connectivity index (χ4n) is 3.07. The Bertz CT molecular complexity index is 926. The summed E-state index contributed by atoms with van der Waals surface area (Å²) in [5.74, 6) is 0.493. The van der Waals surface area contributed by atoms with Gasteiger partial charge >= 0.3 is 0 Å². The van der Waals surface area contributed by atoms with E-state index in [4.69, 9.17) is 16.3 Å². The highest BCUT2D eigenvalue weighted by Gasteiger charge is 2.27. The second-order valence-corrected chi connectivity index (χ2v) is 6.12. The van der Waals surface area contributed by atoms with Gasteiger partial charge in [-0.15, -0.1) is 0 Å². The molecule has 5 heteroatoms. The summed E-state index contributed by atoms with van der Waals surface area (Å²) in [6.07, 6.45) is 2.35. The second-order valence-electron chi connectivity index (χ2n) is 5.71. The molecule has 4 nitrogen and oxygen atoms in total. The predicted octanol–water partition coefficient (Wildman–Crippen LogP) is 4.39. The highest BCUT2D eigenvalue weighted by Crippen LogP contribution is 2.35. The molecule has 0 saturated heterocycles. The first-order valence-electron chi connectivity index (χ1n) is 7.80. The number of ether oxygens (including phenoxy) is 1. The van der Waals surface area contributed by atoms with E-state index in [9.17, 15) is 4.79 Å². The maximum absolute atomic E-state index is 12.8. The van der Waals surface area contributed by atoms with E-state index < -0.39 is 0 Å². The Labute approximate surface area is 144 Å². The summed E-state index contributed by atoms with van der Waals surface area (Å²) in [5.41, 5.74) is 2.29. The molecule has 1 N–H and O–H groups in total. The minimum Gasteiger partial charge on any atom is -0.493 e. The Morgan fingerprint density at radius 1 is 1.17 bits per heavy atom. The van der Waals surface area contributed by atoms with Crippen LogP contribution in [-0.2, 0) is 4.79 Å². The molecule has 1 aliphatic heterocycles. The van der Waals surface area contributed by atoms with Gasteiger partial charge in [0.2, 0.25) is 5.91 Å². The zero-order valence-corrected chi connectivity index (χ0v) is 13.6. The van der Waals surface area contributed by atoms with Crippen LogP contribution in [0, 0.1) is 0 Å². The number of aromatic nitrogens is 1. The Morgan fingerprint density at radius 3 is 2.96 bits per heavy atom. The minimum absolute atomic E-state index is 0.0555. The molecule has 0 fully saturated rings. The number of halogens is 1. The number of carbonyl (C=O) groups is 1. The summed E-state index contributed by atoms with van der Waals surface area (Å²) in [6, 6.07) is 15.0. The Hall–Kier alpha value is -2.59. The largest absolute Gasteiger partial charge is 0.493 e. The van der Waals surface area contributed by atoms with Crippen LogP contribution in [0.15, 0.2) is 54.7 Å². The van der Waals surface area contributed by atoms with Crippen molar-refractivity contribution in [2.45, 2.75) is 12.3 Å². The summed E-state index contributed by atoms with van der Waals surface area (Å²) in [6.45, 7) is 0.536. The molecule has 1 atom stereocenters. The lowest BCUT2D eigenvalue weighted by Gasteiger charge is -2.25. The Morgan fingerprint density at radius 2 is 2.04 bits per heavy atom. The summed E-state index contributed by atoms with van der Waals surface area (Å²) in [5, 5.41) is 4.45. The van der Waals surface area contributed by atoms with Crippen molar-refractivity contribution in [1.29, 1.82) is 0 Å². The molecular weight excluding hydrogens is 324 g/mol. The number of hydrogen-bond donors (Lipinski definition) is 1. The van der Waals surface area contributed by atoms with Crippen LogP contribution in [0.2, 0.25) is 5.02 Å². The van der Waals surface area contributed by atoms with Crippen molar-refractivity contribution < 1.29 is 9.53 Å². The third-order valence-corrected chi connectivity index (χ3v) is 4.58. The number of benzene rings is 2. The molecule has 2 heterocycles. The third kappa shape index (κ3) is 2.59. The van der Waals surface area contributed by atoms with Crippen LogP contribution in [0.3, 0.4) is 0 Å². The fourth-order valence-corrected chi connectivity index (χ4v) is 3.29. The van der Waals surface area contributed by atoms with Gasteiger partial charge in [-0.05, 0) is 36.8 Å². The maximum atomic E-state index is 12.8. The SMILES string of the molecule is O=C(Nc1ccc(Cl)c2cccnc12)C1CCOc2ccccc21. The lowest BCUT2D eigenvalue weighted by Crippen LogP contribution is -2.26. The van der Waals surface area contributed by atoms with Crippen molar-refractivity contribution in [1.82, 2.24) is 4.98 Å². The average Bonchev–Trinajstić information content (AvgIpc) is 2.64. The molecule has 1 aromatic heterocycles. The van der Waals surface area contributed by atoms with Gasteiger partial charge in [-0.25, -0.2) is 0 Å². The van der Waals surface area contributed by atoms with E-state index in [2.05, 4.69) is 10.3 Å². The average molecular weight is 339 g/mol. The van der Waals surface area contributed by atoms with Gasteiger partial charge in [0.1, 0.15) is 5.75 Å². The number of nitrogens with zero attached hydrogens (tertiary/aromatic N) is 1. The first kappa shape index (κ1) is 15.0. The smallest absolute Gasteiger partial charge is 0.232 e. The van der Waals surface area contributed by atoms with E-state index in [1.807, 2.05) is 36.4 Å². The summed E-state index contributed by atoms with van der Waals surface area (Å²) in [7, 11) is 0. The van der Waals surface area contributed by atoms with Crippen molar-refractivity contribution in [3.63, 3.8) is 0 Å². The number of fused-ring (bicyclic) bond motifs is 2. The predicted molar refractivity (Wildman–Crippen MR) is 94.7 cm³/mol. The van der Waals surface area contributed by atoms with E-state index in [0.29, 0.717) is 29.3 Å². The normalized spacial score (nSPS) is 16.3. The number of nitrogens with one attached hydrogen (secondary N) is 1. The van der Waals surface area contributed by atoms with Gasteiger partial charge in [-0.1, -0.05) is 29.8 Å². The number of rotatable bonds is 2. The highest BCUT2D eigenvalue weighted by atomic mass is 35.5. The van der Waals surface area contributed by atoms with Gasteiger partial charge in [0.05, 0.1) is 28.8 Å². The standard InChI is InChI=1S/C19H15ClN2O2/c20-15-7-8-16(18-14(15)5-3-10-21-18)22-19(23)13-9-11-24-17-6-2-1-4-12(13)17/h1-8,10,13H,9,11H2,(H,22,23). The lowest BCUT2D eigenvalue weighted by atomic mass is 9.92. The van der Waals surface area contributed by atoms with Crippen LogP contribution in [-0.4, -0.2) is 17.5 Å². The molecule has 0 spiro atoms. The van der Waals surface area contributed by atoms with Crippen LogP contribution in [0.4, 0.5) is 5.69 Å². The van der Waals surface area contributed by atoms with Crippen LogP contribution < -0.4 is 10.1 Å². The Balaban J connectivity index is 1.68. The van der Waals surface area contributed by atoms with Crippen LogP contribution in [0.5, 0.6) is 5.75 Å². The first-order chi connectivity index (χ1) is 11.7. The van der Waals surface area contributed by atoms with Gasteiger partial charge in [0.15, 0.2) is 0 Å². The second kappa shape index (κ2) is 6.13. The summed E-state index contributed by atoms with van der Waals surface area (Å²) < 4.78 is 5.63. The zero-order valence-electron chi connectivity index (χ0n) is 12.8. The Kier molecular flexibility index (Phi) is 3.82. The summed E-state index contributed by atoms with van der Waals surface area (Å²) >= 11 is 6.21. The molecule has 3 aromatic rings. The maximum Gasteiger partial charge on any atom is 0.232 e. The molecule has 120 valence electrons. The molecule has 1 aliphatic rings. The summed E-state index contributed by atoms with van der Waals surface area (Å²) in [4.78, 5) is 17.2. The van der Waals surface area contributed by atoms with Gasteiger partial charge < -0.3 is 10.1 Å². The number of pyridine rings is 1. The monoisotopic (exact) mass is 338 g/mol. The third-order valence-electron chi connectivity index (χ3n) is 4.25. The minimum atomic E-state index is -0.232. The molecule has 4 rings (SSSR count). The zero-order chi connectivity index (χ0) is 16.5. The number of para-hydroxylation sites is 1. The number of carbonyl (C=O) groups excluding carboxylic acids is 1. The number of anilines is 1. The van der Waals surface area contributed by atoms with Crippen LogP contribution in [0.1, 0.15) is 17.9 Å². The lowest BCUT2D eigenvalue weighted by molar-refractivity contribution is -0.118. The van der Waals surface area contributed by atoms with Gasteiger partial charge in [-0.2, -0.15) is 0 Å². The van der Waals surface area contributed by atoms with Crippen molar-refractivity contribution in [3.05, 3.63) is 65.3 Å². The quantitative estimate of drug-likeness (QED) is 0.753. The molecule has 0 aliphatic carbocycles. The van der Waals surface area contributed by atoms with Crippen molar-refractivity contribution in [2.75, 3.05) is 11.9 Å². The van der Waals surface area contributed by atoms with Gasteiger partial charge in [0.25, 0.3) is 0 Å². The van der Waals surface area contributed by atoms with Crippen LogP contribution in [0.25, 0.3) is 10.9 Å². The van der Waals surface area contributed by atoms with Gasteiger partial charge in [-0.3, -0.25) is 9.78 Å².